The van der Waals surface area contributed by atoms with Crippen molar-refractivity contribution in [3.8, 4) is 0 Å². The molecular formula is C15H9Cl3INO3S. The number of carbonyl (C=O) groups excluding carboxylic acids is 1. The Morgan fingerprint density at radius 3 is 2.12 bits per heavy atom. The molecule has 0 aromatic heterocycles. The van der Waals surface area contributed by atoms with Crippen molar-refractivity contribution < 1.29 is 13.2 Å². The fourth-order valence-corrected chi connectivity index (χ4v) is 4.39. The SMILES string of the molecule is O=C(NC(=C(Cl)Cl)S(=O)(=O)c1ccc(Cl)cc1)c1ccccc1I. The highest BCUT2D eigenvalue weighted by Crippen LogP contribution is 2.26. The highest BCUT2D eigenvalue weighted by atomic mass is 127. The topological polar surface area (TPSA) is 63.2 Å². The van der Waals surface area contributed by atoms with E-state index in [2.05, 4.69) is 5.32 Å². The smallest absolute Gasteiger partial charge is 0.257 e. The molecule has 2 aromatic carbocycles. The number of carbonyl (C=O) groups is 1. The summed E-state index contributed by atoms with van der Waals surface area (Å²) >= 11 is 19.1. The van der Waals surface area contributed by atoms with Crippen LogP contribution in [0.15, 0.2) is 62.9 Å². The van der Waals surface area contributed by atoms with Gasteiger partial charge in [-0.3, -0.25) is 4.79 Å². The number of rotatable bonds is 4. The van der Waals surface area contributed by atoms with Crippen LogP contribution in [-0.2, 0) is 9.84 Å². The lowest BCUT2D eigenvalue weighted by molar-refractivity contribution is 0.0967. The summed E-state index contributed by atoms with van der Waals surface area (Å²) < 4.78 is 25.4. The van der Waals surface area contributed by atoms with Crippen LogP contribution in [0.4, 0.5) is 0 Å². The van der Waals surface area contributed by atoms with Crippen molar-refractivity contribution in [3.63, 3.8) is 0 Å². The van der Waals surface area contributed by atoms with E-state index in [0.29, 0.717) is 14.2 Å². The monoisotopic (exact) mass is 515 g/mol. The number of benzene rings is 2. The lowest BCUT2D eigenvalue weighted by atomic mass is 10.2. The summed E-state index contributed by atoms with van der Waals surface area (Å²) in [6, 6.07) is 12.1. The van der Waals surface area contributed by atoms with E-state index in [1.165, 1.54) is 24.3 Å². The summed E-state index contributed by atoms with van der Waals surface area (Å²) in [5.74, 6) is -0.633. The number of halogens is 4. The van der Waals surface area contributed by atoms with Gasteiger partial charge in [0, 0.05) is 8.59 Å². The van der Waals surface area contributed by atoms with Crippen molar-refractivity contribution in [1.82, 2.24) is 5.32 Å². The molecule has 0 aliphatic heterocycles. The molecule has 0 heterocycles. The van der Waals surface area contributed by atoms with Crippen molar-refractivity contribution in [3.05, 3.63) is 72.2 Å². The first kappa shape index (κ1) is 19.5. The van der Waals surface area contributed by atoms with Crippen molar-refractivity contribution in [2.45, 2.75) is 4.90 Å². The zero-order valence-corrected chi connectivity index (χ0v) is 17.0. The molecule has 0 radical (unpaired) electrons. The number of sulfone groups is 1. The van der Waals surface area contributed by atoms with Gasteiger partial charge in [-0.1, -0.05) is 46.9 Å². The van der Waals surface area contributed by atoms with E-state index in [1.807, 2.05) is 22.6 Å². The summed E-state index contributed by atoms with van der Waals surface area (Å²) in [7, 11) is -4.11. The van der Waals surface area contributed by atoms with E-state index >= 15 is 0 Å². The Balaban J connectivity index is 2.41. The summed E-state index contributed by atoms with van der Waals surface area (Å²) in [5, 5.41) is 2.07. The summed E-state index contributed by atoms with van der Waals surface area (Å²) in [6.45, 7) is 0. The predicted octanol–water partition coefficient (Wildman–Crippen LogP) is 4.75. The quantitative estimate of drug-likeness (QED) is 0.597. The van der Waals surface area contributed by atoms with Gasteiger partial charge in [-0.25, -0.2) is 8.42 Å². The lowest BCUT2D eigenvalue weighted by Crippen LogP contribution is -2.28. The summed E-state index contributed by atoms with van der Waals surface area (Å²) in [6.07, 6.45) is 0. The molecule has 24 heavy (non-hydrogen) atoms. The maximum Gasteiger partial charge on any atom is 0.257 e. The van der Waals surface area contributed by atoms with Gasteiger partial charge in [0.25, 0.3) is 5.91 Å². The molecule has 1 amide bonds. The highest BCUT2D eigenvalue weighted by Gasteiger charge is 2.26. The fourth-order valence-electron chi connectivity index (χ4n) is 1.76. The minimum absolute atomic E-state index is 0.0937. The highest BCUT2D eigenvalue weighted by molar-refractivity contribution is 14.1. The Hall–Kier alpha value is -0.800. The van der Waals surface area contributed by atoms with E-state index in [-0.39, 0.29) is 4.90 Å². The first-order valence-corrected chi connectivity index (χ1v) is 10.0. The third-order valence-corrected chi connectivity index (χ3v) is 6.44. The lowest BCUT2D eigenvalue weighted by Gasteiger charge is -2.12. The second-order valence-corrected chi connectivity index (χ2v) is 8.92. The van der Waals surface area contributed by atoms with Crippen LogP contribution in [0.5, 0.6) is 0 Å². The average molecular weight is 517 g/mol. The first-order chi connectivity index (χ1) is 11.2. The average Bonchev–Trinajstić information content (AvgIpc) is 2.52. The summed E-state index contributed by atoms with van der Waals surface area (Å²) in [4.78, 5) is 12.3. The molecule has 9 heteroatoms. The molecule has 0 saturated carbocycles. The second kappa shape index (κ2) is 8.05. The molecular weight excluding hydrogens is 507 g/mol. The number of nitrogens with one attached hydrogen (secondary N) is 1. The molecule has 0 aliphatic rings. The van der Waals surface area contributed by atoms with Crippen LogP contribution in [0.25, 0.3) is 0 Å². The van der Waals surface area contributed by atoms with Gasteiger partial charge in [-0.2, -0.15) is 0 Å². The molecule has 4 nitrogen and oxygen atoms in total. The minimum Gasteiger partial charge on any atom is -0.310 e. The Morgan fingerprint density at radius 1 is 1.00 bits per heavy atom. The molecule has 0 bridgehead atoms. The van der Waals surface area contributed by atoms with Gasteiger partial charge >= 0.3 is 0 Å². The molecule has 0 unspecified atom stereocenters. The van der Waals surface area contributed by atoms with E-state index in [1.54, 1.807) is 24.3 Å². The Bertz CT molecular complexity index is 908. The van der Waals surface area contributed by atoms with Crippen LogP contribution >= 0.6 is 57.4 Å². The van der Waals surface area contributed by atoms with E-state index < -0.39 is 25.3 Å². The van der Waals surface area contributed by atoms with Crippen LogP contribution in [0, 0.1) is 3.57 Å². The van der Waals surface area contributed by atoms with Crippen LogP contribution in [0.2, 0.25) is 5.02 Å². The van der Waals surface area contributed by atoms with Crippen molar-refractivity contribution >= 4 is 73.1 Å². The number of hydrogen-bond acceptors (Lipinski definition) is 3. The second-order valence-electron chi connectivity index (χ2n) is 4.48. The van der Waals surface area contributed by atoms with Crippen LogP contribution in [0.3, 0.4) is 0 Å². The van der Waals surface area contributed by atoms with E-state index in [4.69, 9.17) is 34.8 Å². The van der Waals surface area contributed by atoms with Gasteiger partial charge in [0.05, 0.1) is 10.5 Å². The van der Waals surface area contributed by atoms with Gasteiger partial charge in [0.1, 0.15) is 4.49 Å². The molecule has 0 saturated heterocycles. The molecule has 0 fully saturated rings. The van der Waals surface area contributed by atoms with Gasteiger partial charge in [-0.15, -0.1) is 0 Å². The Labute approximate surface area is 167 Å². The van der Waals surface area contributed by atoms with Crippen molar-refractivity contribution in [1.29, 1.82) is 0 Å². The molecule has 0 aliphatic carbocycles. The van der Waals surface area contributed by atoms with Crippen LogP contribution < -0.4 is 5.32 Å². The Morgan fingerprint density at radius 2 is 1.58 bits per heavy atom. The van der Waals surface area contributed by atoms with Gasteiger partial charge in [0.15, 0.2) is 5.03 Å². The van der Waals surface area contributed by atoms with Crippen molar-refractivity contribution in [2.75, 3.05) is 0 Å². The number of hydrogen-bond donors (Lipinski definition) is 1. The Kier molecular flexibility index (Phi) is 6.55. The largest absolute Gasteiger partial charge is 0.310 e. The molecule has 126 valence electrons. The van der Waals surface area contributed by atoms with Crippen LogP contribution in [-0.4, -0.2) is 14.3 Å². The van der Waals surface area contributed by atoms with Crippen LogP contribution in [0.1, 0.15) is 10.4 Å². The minimum atomic E-state index is -4.11. The first-order valence-electron chi connectivity index (χ1n) is 6.35. The fraction of sp³-hybridized carbons (Fsp3) is 0. The molecule has 1 N–H and O–H groups in total. The molecule has 0 spiro atoms. The standard InChI is InChI=1S/C15H9Cl3INO3S/c16-9-5-7-10(8-6-9)24(22,23)15(13(17)18)20-14(21)11-3-1-2-4-12(11)19/h1-8H,(H,20,21). The van der Waals surface area contributed by atoms with E-state index in [9.17, 15) is 13.2 Å². The maximum atomic E-state index is 12.7. The van der Waals surface area contributed by atoms with Gasteiger partial charge in [0.2, 0.25) is 9.84 Å². The summed E-state index contributed by atoms with van der Waals surface area (Å²) in [5.41, 5.74) is 0.302. The van der Waals surface area contributed by atoms with E-state index in [0.717, 1.165) is 0 Å². The number of amides is 1. The predicted molar refractivity (Wildman–Crippen MR) is 104 cm³/mol. The molecule has 0 atom stereocenters. The third kappa shape index (κ3) is 4.43. The molecule has 2 aromatic rings. The zero-order valence-electron chi connectivity index (χ0n) is 11.8. The maximum absolute atomic E-state index is 12.7. The zero-order chi connectivity index (χ0) is 17.9. The molecule has 2 rings (SSSR count). The van der Waals surface area contributed by atoms with Gasteiger partial charge < -0.3 is 5.32 Å². The van der Waals surface area contributed by atoms with Gasteiger partial charge in [-0.05, 0) is 59.0 Å². The normalized spacial score (nSPS) is 11.0. The van der Waals surface area contributed by atoms with Crippen molar-refractivity contribution in [2.24, 2.45) is 0 Å². The third-order valence-electron chi connectivity index (χ3n) is 2.91.